The van der Waals surface area contributed by atoms with E-state index in [-0.39, 0.29) is 22.5 Å². The highest BCUT2D eigenvalue weighted by molar-refractivity contribution is 7.99. The number of nitrogens with zero attached hydrogens (tertiary/aromatic N) is 1. The highest BCUT2D eigenvalue weighted by atomic mass is 32.2. The van der Waals surface area contributed by atoms with E-state index in [0.29, 0.717) is 13.1 Å². The normalized spacial score (nSPS) is 18.8. The van der Waals surface area contributed by atoms with Crippen LogP contribution in [0.1, 0.15) is 53.0 Å². The smallest absolute Gasteiger partial charge is 0.268 e. The molecule has 0 saturated carbocycles. The van der Waals surface area contributed by atoms with Gasteiger partial charge in [0.2, 0.25) is 10.0 Å². The number of carbonyl (C=O) groups is 1. The fraction of sp³-hybridized carbons (Fsp3) is 0.476. The summed E-state index contributed by atoms with van der Waals surface area (Å²) < 4.78 is 27.0. The number of nitrogens with one attached hydrogen (secondary N) is 2. The number of carbonyl (C=O) groups excluding carboxylic acids is 1. The molecule has 0 spiro atoms. The Morgan fingerprint density at radius 3 is 2.62 bits per heavy atom. The third kappa shape index (κ3) is 4.39. The minimum Gasteiger partial charge on any atom is -0.356 e. The van der Waals surface area contributed by atoms with Crippen LogP contribution in [0.25, 0.3) is 0 Å². The van der Waals surface area contributed by atoms with E-state index in [4.69, 9.17) is 0 Å². The van der Waals surface area contributed by atoms with Gasteiger partial charge in [0.05, 0.1) is 6.04 Å². The minimum absolute atomic E-state index is 0.149. The average molecular weight is 434 g/mol. The molecule has 6 nitrogen and oxygen atoms in total. The molecule has 1 aromatic carbocycles. The Bertz CT molecular complexity index is 994. The number of aryl methyl sites for hydroxylation is 2. The number of fused-ring (bicyclic) bond motifs is 1. The second kappa shape index (κ2) is 8.53. The Morgan fingerprint density at radius 1 is 1.14 bits per heavy atom. The summed E-state index contributed by atoms with van der Waals surface area (Å²) in [5, 5.41) is 2.98. The molecular weight excluding hydrogens is 406 g/mol. The molecule has 8 heteroatoms. The molecule has 2 aromatic rings. The molecule has 2 heterocycles. The first kappa shape index (κ1) is 20.5. The molecule has 1 fully saturated rings. The first-order valence-corrected chi connectivity index (χ1v) is 12.7. The van der Waals surface area contributed by atoms with E-state index in [9.17, 15) is 13.2 Å². The molecule has 2 aliphatic rings. The van der Waals surface area contributed by atoms with Crippen molar-refractivity contribution < 1.29 is 13.2 Å². The number of benzene rings is 1. The van der Waals surface area contributed by atoms with Gasteiger partial charge in [-0.25, -0.2) is 8.42 Å². The second-order valence-electron chi connectivity index (χ2n) is 7.70. The van der Waals surface area contributed by atoms with Crippen molar-refractivity contribution in [2.45, 2.75) is 43.5 Å². The number of hydrogen-bond acceptors (Lipinski definition) is 4. The molecule has 1 unspecified atom stereocenters. The van der Waals surface area contributed by atoms with Crippen LogP contribution >= 0.6 is 11.8 Å². The van der Waals surface area contributed by atoms with Crippen LogP contribution < -0.4 is 5.32 Å². The molecule has 4 rings (SSSR count). The molecular formula is C21H27N3O3S2. The van der Waals surface area contributed by atoms with Gasteiger partial charge >= 0.3 is 0 Å². The number of aromatic nitrogens is 1. The average Bonchev–Trinajstić information content (AvgIpc) is 3.25. The molecule has 2 N–H and O–H groups in total. The Balaban J connectivity index is 1.45. The Kier molecular flexibility index (Phi) is 6.03. The lowest BCUT2D eigenvalue weighted by Crippen LogP contribution is -2.37. The number of hydrogen-bond donors (Lipinski definition) is 2. The molecule has 0 bridgehead atoms. The van der Waals surface area contributed by atoms with Gasteiger partial charge in [0, 0.05) is 30.8 Å². The van der Waals surface area contributed by atoms with Crippen LogP contribution in [-0.2, 0) is 22.9 Å². The van der Waals surface area contributed by atoms with E-state index in [2.05, 4.69) is 28.5 Å². The largest absolute Gasteiger partial charge is 0.356 e. The molecule has 1 aliphatic carbocycles. The maximum absolute atomic E-state index is 12.8. The highest BCUT2D eigenvalue weighted by Gasteiger charge is 2.28. The van der Waals surface area contributed by atoms with Crippen LogP contribution in [-0.4, -0.2) is 48.2 Å². The van der Waals surface area contributed by atoms with Gasteiger partial charge in [-0.05, 0) is 55.4 Å². The standard InChI is InChI=1S/C21H27N3O3S2/c1-15(17-7-6-16-4-2-3-5-18(16)12-17)23-21(25)20-13-19(14-22-20)29(26,27)24-8-10-28-11-9-24/h6-7,12-15,22H,2-5,8-11H2,1H3,(H,23,25). The molecule has 156 valence electrons. The Morgan fingerprint density at radius 2 is 1.86 bits per heavy atom. The van der Waals surface area contributed by atoms with E-state index >= 15 is 0 Å². The van der Waals surface area contributed by atoms with E-state index in [0.717, 1.165) is 29.9 Å². The lowest BCUT2D eigenvalue weighted by molar-refractivity contribution is 0.0935. The SMILES string of the molecule is CC(NC(=O)c1cc(S(=O)(=O)N2CCSCC2)c[nH]1)c1ccc2c(c1)CCCC2. The van der Waals surface area contributed by atoms with Crippen molar-refractivity contribution in [3.8, 4) is 0 Å². The third-order valence-electron chi connectivity index (χ3n) is 5.73. The van der Waals surface area contributed by atoms with Crippen molar-refractivity contribution >= 4 is 27.7 Å². The van der Waals surface area contributed by atoms with Crippen LogP contribution in [0, 0.1) is 0 Å². The van der Waals surface area contributed by atoms with Crippen LogP contribution in [0.2, 0.25) is 0 Å². The topological polar surface area (TPSA) is 82.3 Å². The van der Waals surface area contributed by atoms with Crippen molar-refractivity contribution in [2.75, 3.05) is 24.6 Å². The fourth-order valence-electron chi connectivity index (χ4n) is 3.97. The Labute approximate surface area is 176 Å². The molecule has 1 saturated heterocycles. The minimum atomic E-state index is -3.56. The molecule has 29 heavy (non-hydrogen) atoms. The van der Waals surface area contributed by atoms with Gasteiger partial charge in [0.1, 0.15) is 10.6 Å². The molecule has 1 atom stereocenters. The monoisotopic (exact) mass is 433 g/mol. The van der Waals surface area contributed by atoms with Crippen LogP contribution in [0.3, 0.4) is 0 Å². The maximum Gasteiger partial charge on any atom is 0.268 e. The number of sulfonamides is 1. The summed E-state index contributed by atoms with van der Waals surface area (Å²) >= 11 is 1.76. The maximum atomic E-state index is 12.8. The van der Waals surface area contributed by atoms with Crippen LogP contribution in [0.15, 0.2) is 35.4 Å². The van der Waals surface area contributed by atoms with E-state index in [1.807, 2.05) is 6.92 Å². The van der Waals surface area contributed by atoms with Gasteiger partial charge in [-0.2, -0.15) is 16.1 Å². The zero-order chi connectivity index (χ0) is 20.4. The molecule has 0 radical (unpaired) electrons. The van der Waals surface area contributed by atoms with Crippen molar-refractivity contribution in [3.05, 3.63) is 52.8 Å². The zero-order valence-electron chi connectivity index (χ0n) is 16.6. The zero-order valence-corrected chi connectivity index (χ0v) is 18.2. The first-order chi connectivity index (χ1) is 13.9. The summed E-state index contributed by atoms with van der Waals surface area (Å²) in [6.45, 7) is 2.97. The van der Waals surface area contributed by atoms with Crippen molar-refractivity contribution in [2.24, 2.45) is 0 Å². The number of thioether (sulfide) groups is 1. The summed E-state index contributed by atoms with van der Waals surface area (Å²) in [7, 11) is -3.56. The predicted octanol–water partition coefficient (Wildman–Crippen LogP) is 3.12. The number of amides is 1. The van der Waals surface area contributed by atoms with Crippen molar-refractivity contribution in [1.29, 1.82) is 0 Å². The van der Waals surface area contributed by atoms with Crippen molar-refractivity contribution in [3.63, 3.8) is 0 Å². The van der Waals surface area contributed by atoms with Gasteiger partial charge in [0.25, 0.3) is 5.91 Å². The van der Waals surface area contributed by atoms with E-state index < -0.39 is 10.0 Å². The van der Waals surface area contributed by atoms with E-state index in [1.54, 1.807) is 11.8 Å². The molecule has 1 aromatic heterocycles. The summed E-state index contributed by atoms with van der Waals surface area (Å²) in [6, 6.07) is 7.72. The number of H-pyrrole nitrogens is 1. The van der Waals surface area contributed by atoms with Gasteiger partial charge in [0.15, 0.2) is 0 Å². The number of aromatic amines is 1. The quantitative estimate of drug-likeness (QED) is 0.759. The van der Waals surface area contributed by atoms with Crippen LogP contribution in [0.5, 0.6) is 0 Å². The lowest BCUT2D eigenvalue weighted by atomic mass is 9.89. The van der Waals surface area contributed by atoms with Gasteiger partial charge in [-0.15, -0.1) is 0 Å². The van der Waals surface area contributed by atoms with Gasteiger partial charge in [-0.3, -0.25) is 4.79 Å². The van der Waals surface area contributed by atoms with Crippen LogP contribution in [0.4, 0.5) is 0 Å². The summed E-state index contributed by atoms with van der Waals surface area (Å²) in [4.78, 5) is 15.7. The first-order valence-electron chi connectivity index (χ1n) is 10.1. The lowest BCUT2D eigenvalue weighted by Gasteiger charge is -2.24. The second-order valence-corrected chi connectivity index (χ2v) is 10.9. The van der Waals surface area contributed by atoms with E-state index in [1.165, 1.54) is 40.5 Å². The van der Waals surface area contributed by atoms with Gasteiger partial charge in [-0.1, -0.05) is 18.2 Å². The highest BCUT2D eigenvalue weighted by Crippen LogP contribution is 2.25. The molecule has 1 amide bonds. The van der Waals surface area contributed by atoms with Crippen molar-refractivity contribution in [1.82, 2.24) is 14.6 Å². The Hall–Kier alpha value is -1.77. The molecule has 1 aliphatic heterocycles. The summed E-state index contributed by atoms with van der Waals surface area (Å²) in [5.74, 6) is 1.30. The predicted molar refractivity (Wildman–Crippen MR) is 116 cm³/mol. The van der Waals surface area contributed by atoms with Gasteiger partial charge < -0.3 is 10.3 Å². The summed E-state index contributed by atoms with van der Waals surface area (Å²) in [5.41, 5.74) is 4.13. The fourth-order valence-corrected chi connectivity index (χ4v) is 6.54. The number of rotatable bonds is 5. The third-order valence-corrected chi connectivity index (χ3v) is 8.55. The summed E-state index contributed by atoms with van der Waals surface area (Å²) in [6.07, 6.45) is 6.09.